The van der Waals surface area contributed by atoms with Crippen LogP contribution in [0.3, 0.4) is 0 Å². The largest absolute Gasteiger partial charge is 0.311 e. The highest BCUT2D eigenvalue weighted by Crippen LogP contribution is 2.53. The quantitative estimate of drug-likeness (QED) is 0.270. The molecule has 0 unspecified atom stereocenters. The molecule has 2 heteroatoms. The first kappa shape index (κ1) is 18.8. The lowest BCUT2D eigenvalue weighted by atomic mass is 9.82. The maximum absolute atomic E-state index is 2.56. The van der Waals surface area contributed by atoms with Crippen LogP contribution in [0.4, 0.5) is 0 Å². The highest BCUT2D eigenvalue weighted by Gasteiger charge is 2.42. The van der Waals surface area contributed by atoms with E-state index in [0.717, 1.165) is 12.8 Å². The molecule has 160 valence electrons. The van der Waals surface area contributed by atoms with Gasteiger partial charge < -0.3 is 9.13 Å². The molecule has 2 aromatic heterocycles. The van der Waals surface area contributed by atoms with Crippen molar-refractivity contribution in [1.82, 2.24) is 9.13 Å². The molecule has 3 aromatic carbocycles. The van der Waals surface area contributed by atoms with Gasteiger partial charge in [0.05, 0.1) is 28.1 Å². The average molecular weight is 427 g/mol. The molecule has 1 aliphatic carbocycles. The number of allylic oxidation sites excluding steroid dienone is 4. The van der Waals surface area contributed by atoms with Crippen LogP contribution in [0.15, 0.2) is 97.1 Å². The van der Waals surface area contributed by atoms with E-state index in [-0.39, 0.29) is 5.41 Å². The summed E-state index contributed by atoms with van der Waals surface area (Å²) in [7, 11) is 0. The molecule has 0 saturated heterocycles. The lowest BCUT2D eigenvalue weighted by Crippen LogP contribution is -2.17. The highest BCUT2D eigenvalue weighted by atomic mass is 15.1. The van der Waals surface area contributed by atoms with Crippen molar-refractivity contribution in [2.75, 3.05) is 0 Å². The average Bonchev–Trinajstić information content (AvgIpc) is 3.45. The van der Waals surface area contributed by atoms with Crippen molar-refractivity contribution in [2.45, 2.75) is 32.1 Å². The van der Waals surface area contributed by atoms with Gasteiger partial charge in [-0.3, -0.25) is 0 Å². The standard InChI is InChI=1S/C31H26N2/c1-31(2)24-18-10-12-20-26(24)33-28(21-13-5-3-6-14-21)27-23-17-9-11-19-25(23)32(29(27)30(31)33)22-15-7-4-8-16-22/h3-7,9-15,17-20H,8,16H2,1-2H3. The van der Waals surface area contributed by atoms with Gasteiger partial charge in [0, 0.05) is 21.9 Å². The molecule has 1 aliphatic heterocycles. The van der Waals surface area contributed by atoms with Gasteiger partial charge in [0.15, 0.2) is 0 Å². The zero-order valence-corrected chi connectivity index (χ0v) is 19.0. The number of hydrogen-bond acceptors (Lipinski definition) is 0. The van der Waals surface area contributed by atoms with Crippen molar-refractivity contribution >= 4 is 27.5 Å². The monoisotopic (exact) mass is 426 g/mol. The second-order valence-corrected chi connectivity index (χ2v) is 9.74. The van der Waals surface area contributed by atoms with Gasteiger partial charge in [-0.1, -0.05) is 92.7 Å². The Morgan fingerprint density at radius 3 is 2.36 bits per heavy atom. The zero-order chi connectivity index (χ0) is 22.2. The summed E-state index contributed by atoms with van der Waals surface area (Å²) in [6.45, 7) is 4.77. The lowest BCUT2D eigenvalue weighted by molar-refractivity contribution is 0.646. The van der Waals surface area contributed by atoms with Crippen LogP contribution in [0.1, 0.15) is 37.9 Å². The third-order valence-corrected chi connectivity index (χ3v) is 7.52. The van der Waals surface area contributed by atoms with Crippen LogP contribution in [0.2, 0.25) is 0 Å². The molecule has 3 heterocycles. The first-order chi connectivity index (χ1) is 16.2. The summed E-state index contributed by atoms with van der Waals surface area (Å²) in [5.74, 6) is 0. The molecule has 0 bridgehead atoms. The molecule has 0 atom stereocenters. The molecule has 2 nitrogen and oxygen atoms in total. The highest BCUT2D eigenvalue weighted by molar-refractivity contribution is 6.18. The fourth-order valence-electron chi connectivity index (χ4n) is 6.12. The van der Waals surface area contributed by atoms with Crippen molar-refractivity contribution in [3.8, 4) is 16.9 Å². The van der Waals surface area contributed by atoms with E-state index in [1.807, 2.05) is 0 Å². The molecule has 33 heavy (non-hydrogen) atoms. The number of benzene rings is 3. The number of rotatable bonds is 2. The second-order valence-electron chi connectivity index (χ2n) is 9.74. The van der Waals surface area contributed by atoms with Crippen LogP contribution in [0, 0.1) is 0 Å². The topological polar surface area (TPSA) is 9.86 Å². The number of hydrogen-bond donors (Lipinski definition) is 0. The van der Waals surface area contributed by atoms with Crippen molar-refractivity contribution in [1.29, 1.82) is 0 Å². The zero-order valence-electron chi connectivity index (χ0n) is 19.0. The van der Waals surface area contributed by atoms with Crippen LogP contribution in [-0.4, -0.2) is 9.13 Å². The molecular weight excluding hydrogens is 400 g/mol. The third kappa shape index (κ3) is 2.38. The number of fused-ring (bicyclic) bond motifs is 7. The molecule has 0 radical (unpaired) electrons. The van der Waals surface area contributed by atoms with Crippen molar-refractivity contribution in [3.63, 3.8) is 0 Å². The molecule has 0 fully saturated rings. The molecule has 7 rings (SSSR count). The first-order valence-electron chi connectivity index (χ1n) is 11.9. The van der Waals surface area contributed by atoms with Gasteiger partial charge in [-0.2, -0.15) is 0 Å². The van der Waals surface area contributed by atoms with E-state index in [1.165, 1.54) is 55.7 Å². The fraction of sp³-hybridized carbons (Fsp3) is 0.161. The van der Waals surface area contributed by atoms with Crippen molar-refractivity contribution in [2.24, 2.45) is 0 Å². The lowest BCUT2D eigenvalue weighted by Gasteiger charge is -2.21. The van der Waals surface area contributed by atoms with Gasteiger partial charge in [0.2, 0.25) is 0 Å². The van der Waals surface area contributed by atoms with E-state index in [2.05, 4.69) is 120 Å². The maximum Gasteiger partial charge on any atom is 0.0767 e. The molecule has 0 saturated carbocycles. The Kier molecular flexibility index (Phi) is 3.76. The van der Waals surface area contributed by atoms with Gasteiger partial charge in [-0.25, -0.2) is 0 Å². The summed E-state index contributed by atoms with van der Waals surface area (Å²) >= 11 is 0. The predicted molar refractivity (Wildman–Crippen MR) is 139 cm³/mol. The van der Waals surface area contributed by atoms with E-state index in [0.29, 0.717) is 0 Å². The van der Waals surface area contributed by atoms with Gasteiger partial charge in [-0.15, -0.1) is 0 Å². The normalized spacial score (nSPS) is 16.2. The minimum absolute atomic E-state index is 0.0981. The Morgan fingerprint density at radius 2 is 1.55 bits per heavy atom. The molecule has 0 N–H and O–H groups in total. The van der Waals surface area contributed by atoms with E-state index < -0.39 is 0 Å². The summed E-state index contributed by atoms with van der Waals surface area (Å²) in [5.41, 5.74) is 10.6. The molecule has 0 spiro atoms. The number of nitrogens with zero attached hydrogens (tertiary/aromatic N) is 2. The minimum atomic E-state index is -0.0981. The Labute approximate surface area is 194 Å². The van der Waals surface area contributed by atoms with Crippen LogP contribution in [-0.2, 0) is 5.41 Å². The van der Waals surface area contributed by atoms with Crippen molar-refractivity contribution in [3.05, 3.63) is 108 Å². The fourth-order valence-corrected chi connectivity index (χ4v) is 6.12. The molecular formula is C31H26N2. The van der Waals surface area contributed by atoms with E-state index in [1.54, 1.807) is 0 Å². The second kappa shape index (κ2) is 6.62. The summed E-state index contributed by atoms with van der Waals surface area (Å²) in [6.07, 6.45) is 8.93. The SMILES string of the molecule is CC1(C)c2ccccc2-n2c(-c3ccccc3)c3c4ccccc4n(C4=CC=CCC4)c3c21. The Balaban J connectivity index is 1.76. The van der Waals surface area contributed by atoms with E-state index in [9.17, 15) is 0 Å². The van der Waals surface area contributed by atoms with Crippen LogP contribution in [0.25, 0.3) is 44.4 Å². The van der Waals surface area contributed by atoms with Crippen LogP contribution in [0.5, 0.6) is 0 Å². The van der Waals surface area contributed by atoms with Crippen LogP contribution < -0.4 is 0 Å². The molecule has 2 aliphatic rings. The maximum atomic E-state index is 2.56. The number of para-hydroxylation sites is 2. The minimum Gasteiger partial charge on any atom is -0.311 e. The van der Waals surface area contributed by atoms with E-state index in [4.69, 9.17) is 0 Å². The summed E-state index contributed by atoms with van der Waals surface area (Å²) in [5, 5.41) is 2.70. The van der Waals surface area contributed by atoms with Gasteiger partial charge in [-0.05, 0) is 42.2 Å². The summed E-state index contributed by atoms with van der Waals surface area (Å²) in [6, 6.07) is 28.8. The first-order valence-corrected chi connectivity index (χ1v) is 11.9. The molecule has 0 amide bonds. The Morgan fingerprint density at radius 1 is 0.788 bits per heavy atom. The third-order valence-electron chi connectivity index (χ3n) is 7.52. The number of aromatic nitrogens is 2. The van der Waals surface area contributed by atoms with Crippen LogP contribution >= 0.6 is 0 Å². The predicted octanol–water partition coefficient (Wildman–Crippen LogP) is 8.08. The van der Waals surface area contributed by atoms with Crippen molar-refractivity contribution < 1.29 is 0 Å². The molecule has 5 aromatic rings. The Bertz CT molecular complexity index is 1620. The summed E-state index contributed by atoms with van der Waals surface area (Å²) < 4.78 is 5.11. The van der Waals surface area contributed by atoms with Gasteiger partial charge in [0.25, 0.3) is 0 Å². The van der Waals surface area contributed by atoms with Gasteiger partial charge in [0.1, 0.15) is 0 Å². The Hall–Kier alpha value is -3.78. The smallest absolute Gasteiger partial charge is 0.0767 e. The summed E-state index contributed by atoms with van der Waals surface area (Å²) in [4.78, 5) is 0. The van der Waals surface area contributed by atoms with Gasteiger partial charge >= 0.3 is 0 Å². The van der Waals surface area contributed by atoms with E-state index >= 15 is 0 Å².